The third-order valence-electron chi connectivity index (χ3n) is 3.03. The van der Waals surface area contributed by atoms with Crippen LogP contribution >= 0.6 is 38.5 Å². The van der Waals surface area contributed by atoms with Gasteiger partial charge in [0, 0.05) is 19.3 Å². The van der Waals surface area contributed by atoms with Crippen LogP contribution in [0.5, 0.6) is 0 Å². The maximum Gasteiger partial charge on any atom is 0.255 e. The highest BCUT2D eigenvalue weighted by Gasteiger charge is 2.10. The highest BCUT2D eigenvalue weighted by molar-refractivity contribution is 14.1. The van der Waals surface area contributed by atoms with E-state index in [2.05, 4.69) is 43.8 Å². The predicted molar refractivity (Wildman–Crippen MR) is 90.7 cm³/mol. The number of amides is 1. The topological polar surface area (TPSA) is 29.1 Å². The molecule has 0 aliphatic carbocycles. The second-order valence-electron chi connectivity index (χ2n) is 4.33. The van der Waals surface area contributed by atoms with Crippen molar-refractivity contribution in [3.05, 3.63) is 61.1 Å². The zero-order chi connectivity index (χ0) is 14.0. The van der Waals surface area contributed by atoms with Crippen LogP contribution in [0.3, 0.4) is 0 Å². The molecule has 0 aromatic heterocycles. The van der Waals surface area contributed by atoms with Gasteiger partial charge >= 0.3 is 0 Å². The Bertz CT molecular complexity index is 640. The van der Waals surface area contributed by atoms with Crippen LogP contribution in [0.1, 0.15) is 21.5 Å². The van der Waals surface area contributed by atoms with Crippen LogP contribution in [0.15, 0.2) is 40.9 Å². The summed E-state index contributed by atoms with van der Waals surface area (Å²) >= 11 is 5.70. The number of nitrogens with one attached hydrogen (secondary N) is 1. The Kier molecular flexibility index (Phi) is 4.62. The molecule has 0 heterocycles. The van der Waals surface area contributed by atoms with Gasteiger partial charge in [0.1, 0.15) is 0 Å². The van der Waals surface area contributed by atoms with Gasteiger partial charge in [-0.1, -0.05) is 12.1 Å². The van der Waals surface area contributed by atoms with E-state index < -0.39 is 0 Å². The van der Waals surface area contributed by atoms with E-state index >= 15 is 0 Å². The lowest BCUT2D eigenvalue weighted by atomic mass is 10.0. The van der Waals surface area contributed by atoms with Crippen LogP contribution in [-0.2, 0) is 0 Å². The van der Waals surface area contributed by atoms with Crippen LogP contribution in [0, 0.1) is 17.4 Å². The van der Waals surface area contributed by atoms with Crippen molar-refractivity contribution < 1.29 is 4.79 Å². The summed E-state index contributed by atoms with van der Waals surface area (Å²) in [5, 5.41) is 2.92. The molecule has 2 aromatic carbocycles. The lowest BCUT2D eigenvalue weighted by Crippen LogP contribution is -2.13. The molecule has 1 amide bonds. The molecule has 2 rings (SSSR count). The minimum atomic E-state index is -0.0747. The van der Waals surface area contributed by atoms with Gasteiger partial charge < -0.3 is 5.32 Å². The molecule has 19 heavy (non-hydrogen) atoms. The molecule has 0 fully saturated rings. The molecule has 0 radical (unpaired) electrons. The summed E-state index contributed by atoms with van der Waals surface area (Å²) in [5.41, 5.74) is 3.65. The zero-order valence-electron chi connectivity index (χ0n) is 10.6. The second kappa shape index (κ2) is 6.05. The SMILES string of the molecule is Cc1cccc(C(=O)Nc2ccc(I)c(Br)c2)c1C. The van der Waals surface area contributed by atoms with Crippen LogP contribution in [-0.4, -0.2) is 5.91 Å². The Morgan fingerprint density at radius 3 is 2.63 bits per heavy atom. The summed E-state index contributed by atoms with van der Waals surface area (Å²) < 4.78 is 2.09. The number of carbonyl (C=O) groups excluding carboxylic acids is 1. The van der Waals surface area contributed by atoms with Crippen molar-refractivity contribution in [1.82, 2.24) is 0 Å². The molecule has 0 saturated carbocycles. The monoisotopic (exact) mass is 429 g/mol. The van der Waals surface area contributed by atoms with E-state index in [1.54, 1.807) is 0 Å². The van der Waals surface area contributed by atoms with E-state index in [1.165, 1.54) is 0 Å². The maximum atomic E-state index is 12.3. The Hall–Kier alpha value is -0.880. The summed E-state index contributed by atoms with van der Waals surface area (Å²) in [6, 6.07) is 11.5. The quantitative estimate of drug-likeness (QED) is 0.674. The normalized spacial score (nSPS) is 10.3. The third-order valence-corrected chi connectivity index (χ3v) is 5.36. The lowest BCUT2D eigenvalue weighted by molar-refractivity contribution is 0.102. The van der Waals surface area contributed by atoms with Crippen molar-refractivity contribution in [2.75, 3.05) is 5.32 Å². The van der Waals surface area contributed by atoms with E-state index in [1.807, 2.05) is 50.2 Å². The summed E-state index contributed by atoms with van der Waals surface area (Å²) in [4.78, 5) is 12.3. The average molecular weight is 430 g/mol. The molecule has 2 nitrogen and oxygen atoms in total. The number of anilines is 1. The first-order valence-electron chi connectivity index (χ1n) is 5.81. The van der Waals surface area contributed by atoms with Gasteiger partial charge in [-0.2, -0.15) is 0 Å². The van der Waals surface area contributed by atoms with Gasteiger partial charge in [0.25, 0.3) is 5.91 Å². The zero-order valence-corrected chi connectivity index (χ0v) is 14.4. The summed E-state index contributed by atoms with van der Waals surface area (Å²) in [5.74, 6) is -0.0747. The van der Waals surface area contributed by atoms with E-state index in [0.29, 0.717) is 0 Å². The first-order valence-corrected chi connectivity index (χ1v) is 7.69. The molecule has 2 aromatic rings. The predicted octanol–water partition coefficient (Wildman–Crippen LogP) is 4.92. The molecule has 0 unspecified atom stereocenters. The van der Waals surface area contributed by atoms with E-state index in [0.717, 1.165) is 30.4 Å². The van der Waals surface area contributed by atoms with E-state index in [9.17, 15) is 4.79 Å². The van der Waals surface area contributed by atoms with Crippen molar-refractivity contribution >= 4 is 50.1 Å². The van der Waals surface area contributed by atoms with Gasteiger partial charge in [0.15, 0.2) is 0 Å². The number of carbonyl (C=O) groups is 1. The van der Waals surface area contributed by atoms with Crippen molar-refractivity contribution in [2.45, 2.75) is 13.8 Å². The van der Waals surface area contributed by atoms with Crippen LogP contribution < -0.4 is 5.32 Å². The van der Waals surface area contributed by atoms with Gasteiger partial charge in [-0.25, -0.2) is 0 Å². The number of benzene rings is 2. The fourth-order valence-electron chi connectivity index (χ4n) is 1.77. The van der Waals surface area contributed by atoms with Crippen LogP contribution in [0.2, 0.25) is 0 Å². The minimum Gasteiger partial charge on any atom is -0.322 e. The summed E-state index contributed by atoms with van der Waals surface area (Å²) in [7, 11) is 0. The Labute approximate surface area is 134 Å². The van der Waals surface area contributed by atoms with Crippen LogP contribution in [0.4, 0.5) is 5.69 Å². The van der Waals surface area contributed by atoms with Crippen molar-refractivity contribution in [3.63, 3.8) is 0 Å². The molecule has 0 saturated heterocycles. The Balaban J connectivity index is 2.26. The number of hydrogen-bond donors (Lipinski definition) is 1. The Morgan fingerprint density at radius 1 is 1.21 bits per heavy atom. The van der Waals surface area contributed by atoms with Gasteiger partial charge in [0.2, 0.25) is 0 Å². The number of hydrogen-bond acceptors (Lipinski definition) is 1. The molecule has 0 aliphatic rings. The molecule has 4 heteroatoms. The molecule has 0 bridgehead atoms. The van der Waals surface area contributed by atoms with E-state index in [-0.39, 0.29) is 5.91 Å². The maximum absolute atomic E-state index is 12.3. The standard InChI is InChI=1S/C15H13BrINO/c1-9-4-3-5-12(10(9)2)15(19)18-11-6-7-14(17)13(16)8-11/h3-8H,1-2H3,(H,18,19). The average Bonchev–Trinajstić information content (AvgIpc) is 2.37. The first kappa shape index (κ1) is 14.5. The number of rotatable bonds is 2. The molecule has 1 N–H and O–H groups in total. The molecular formula is C15H13BrINO. The first-order chi connectivity index (χ1) is 8.99. The number of halogens is 2. The third kappa shape index (κ3) is 3.36. The van der Waals surface area contributed by atoms with Gasteiger partial charge in [-0.05, 0) is 87.8 Å². The fourth-order valence-corrected chi connectivity index (χ4v) is 2.48. The highest BCUT2D eigenvalue weighted by atomic mass is 127. The largest absolute Gasteiger partial charge is 0.322 e. The molecule has 0 atom stereocenters. The Morgan fingerprint density at radius 2 is 1.95 bits per heavy atom. The summed E-state index contributed by atoms with van der Waals surface area (Å²) in [6.07, 6.45) is 0. The van der Waals surface area contributed by atoms with Crippen molar-refractivity contribution in [3.8, 4) is 0 Å². The lowest BCUT2D eigenvalue weighted by Gasteiger charge is -2.10. The van der Waals surface area contributed by atoms with Gasteiger partial charge in [-0.15, -0.1) is 0 Å². The second-order valence-corrected chi connectivity index (χ2v) is 6.35. The summed E-state index contributed by atoms with van der Waals surface area (Å²) in [6.45, 7) is 3.97. The highest BCUT2D eigenvalue weighted by Crippen LogP contribution is 2.23. The van der Waals surface area contributed by atoms with Gasteiger partial charge in [-0.3, -0.25) is 4.79 Å². The van der Waals surface area contributed by atoms with Gasteiger partial charge in [0.05, 0.1) is 0 Å². The number of aryl methyl sites for hydroxylation is 1. The molecule has 98 valence electrons. The van der Waals surface area contributed by atoms with Crippen LogP contribution in [0.25, 0.3) is 0 Å². The minimum absolute atomic E-state index is 0.0747. The molecule has 0 aliphatic heterocycles. The van der Waals surface area contributed by atoms with Crippen molar-refractivity contribution in [2.24, 2.45) is 0 Å². The fraction of sp³-hybridized carbons (Fsp3) is 0.133. The molecule has 0 spiro atoms. The molecular weight excluding hydrogens is 417 g/mol. The van der Waals surface area contributed by atoms with Crippen molar-refractivity contribution in [1.29, 1.82) is 0 Å². The smallest absolute Gasteiger partial charge is 0.255 e. The van der Waals surface area contributed by atoms with E-state index in [4.69, 9.17) is 0 Å².